The predicted octanol–water partition coefficient (Wildman–Crippen LogP) is 1.10. The number of carbonyl (C=O) groups is 2. The number of primary amides is 1. The molecule has 6 aliphatic rings. The van der Waals surface area contributed by atoms with E-state index in [1.807, 2.05) is 20.8 Å². The minimum absolute atomic E-state index is 0.0772. The topological polar surface area (TPSA) is 112 Å². The Kier molecular flexibility index (Phi) is 3.00. The summed E-state index contributed by atoms with van der Waals surface area (Å²) in [4.78, 5) is 24.6. The first-order valence-corrected chi connectivity index (χ1v) is 11.6. The van der Waals surface area contributed by atoms with Crippen LogP contribution in [0.25, 0.3) is 0 Å². The number of hydrogen-bond donors (Lipinski definition) is 3. The van der Waals surface area contributed by atoms with E-state index < -0.39 is 21.4 Å². The molecule has 1 aliphatic heterocycles. The summed E-state index contributed by atoms with van der Waals surface area (Å²) in [6.07, 6.45) is 7.80. The molecule has 5 fully saturated rings. The van der Waals surface area contributed by atoms with Crippen molar-refractivity contribution >= 4 is 22.8 Å². The Morgan fingerprint density at radius 2 is 2.07 bits per heavy atom. The Balaban J connectivity index is 1.19. The normalized spacial score (nSPS) is 55.1. The van der Waals surface area contributed by atoms with E-state index in [4.69, 9.17) is 5.73 Å². The Hall–Kier alpha value is -1.67. The molecule has 1 saturated heterocycles. The van der Waals surface area contributed by atoms with Gasteiger partial charge in [-0.05, 0) is 74.5 Å². The number of nitrogens with one attached hydrogen (secondary N) is 1. The molecule has 10 unspecified atom stereocenters. The molecule has 0 aromatic carbocycles. The van der Waals surface area contributed by atoms with Crippen LogP contribution < -0.4 is 11.1 Å². The van der Waals surface area contributed by atoms with Crippen molar-refractivity contribution in [2.24, 2.45) is 40.2 Å². The number of amides is 2. The van der Waals surface area contributed by atoms with E-state index in [1.165, 1.54) is 0 Å². The van der Waals surface area contributed by atoms with Crippen molar-refractivity contribution in [1.82, 2.24) is 9.62 Å². The summed E-state index contributed by atoms with van der Waals surface area (Å²) in [6, 6.07) is 0.0957. The largest absolute Gasteiger partial charge is 0.508 e. The van der Waals surface area contributed by atoms with Crippen LogP contribution in [0.3, 0.4) is 0 Å². The number of nitrogens with zero attached hydrogens (tertiary/aromatic N) is 1. The molecular formula is C21H27N3O4S. The molecule has 0 radical (unpaired) electrons. The third-order valence-electron chi connectivity index (χ3n) is 9.43. The molecule has 5 aliphatic carbocycles. The minimum Gasteiger partial charge on any atom is -0.508 e. The molecule has 2 spiro atoms. The third-order valence-corrected chi connectivity index (χ3v) is 11.6. The highest BCUT2D eigenvalue weighted by atomic mass is 32.2. The van der Waals surface area contributed by atoms with E-state index >= 15 is 0 Å². The second-order valence-electron chi connectivity index (χ2n) is 10.5. The summed E-state index contributed by atoms with van der Waals surface area (Å²) in [7, 11) is -1.33. The van der Waals surface area contributed by atoms with Gasteiger partial charge >= 0.3 is 0 Å². The SMILES string of the molecule is CC1C=C(O)C=CC12N(C(C)(C)C(=O)NC1C3CC4CC5(C(N)=O)CC1C435)S2=O. The van der Waals surface area contributed by atoms with Crippen molar-refractivity contribution in [2.75, 3.05) is 0 Å². The van der Waals surface area contributed by atoms with Gasteiger partial charge in [0.15, 0.2) is 0 Å². The van der Waals surface area contributed by atoms with Crippen molar-refractivity contribution in [3.05, 3.63) is 24.0 Å². The van der Waals surface area contributed by atoms with Crippen LogP contribution in [0.5, 0.6) is 0 Å². The number of carbonyl (C=O) groups excluding carboxylic acids is 2. The monoisotopic (exact) mass is 417 g/mol. The molecule has 0 bridgehead atoms. The molecule has 6 rings (SSSR count). The van der Waals surface area contributed by atoms with Gasteiger partial charge in [-0.15, -0.1) is 0 Å². The zero-order valence-electron chi connectivity index (χ0n) is 16.8. The maximum Gasteiger partial charge on any atom is 0.241 e. The predicted molar refractivity (Wildman–Crippen MR) is 106 cm³/mol. The van der Waals surface area contributed by atoms with Crippen molar-refractivity contribution in [3.8, 4) is 0 Å². The van der Waals surface area contributed by atoms with Gasteiger partial charge in [-0.1, -0.05) is 6.92 Å². The van der Waals surface area contributed by atoms with E-state index in [9.17, 15) is 18.9 Å². The smallest absolute Gasteiger partial charge is 0.241 e. The van der Waals surface area contributed by atoms with Gasteiger partial charge < -0.3 is 16.2 Å². The first-order valence-electron chi connectivity index (χ1n) is 10.5. The average Bonchev–Trinajstić information content (AvgIpc) is 3.18. The Morgan fingerprint density at radius 3 is 2.66 bits per heavy atom. The molecule has 7 nitrogen and oxygen atoms in total. The van der Waals surface area contributed by atoms with E-state index in [1.54, 1.807) is 22.5 Å². The van der Waals surface area contributed by atoms with Crippen LogP contribution in [-0.2, 0) is 20.6 Å². The lowest BCUT2D eigenvalue weighted by Gasteiger charge is -2.92. The molecule has 4 N–H and O–H groups in total. The zero-order valence-corrected chi connectivity index (χ0v) is 17.7. The summed E-state index contributed by atoms with van der Waals surface area (Å²) >= 11 is 0. The van der Waals surface area contributed by atoms with E-state index in [0.717, 1.165) is 19.3 Å². The highest BCUT2D eigenvalue weighted by molar-refractivity contribution is 7.91. The van der Waals surface area contributed by atoms with Crippen LogP contribution in [0, 0.1) is 34.5 Å². The summed E-state index contributed by atoms with van der Waals surface area (Å²) in [5.41, 5.74) is 4.55. The van der Waals surface area contributed by atoms with Crippen molar-refractivity contribution in [2.45, 2.75) is 56.5 Å². The summed E-state index contributed by atoms with van der Waals surface area (Å²) < 4.78 is 14.6. The number of allylic oxidation sites excluding steroid dienone is 1. The first kappa shape index (κ1) is 18.1. The van der Waals surface area contributed by atoms with Crippen LogP contribution in [0.2, 0.25) is 0 Å². The molecule has 1 heterocycles. The highest BCUT2D eigenvalue weighted by Gasteiger charge is 2.92. The Morgan fingerprint density at radius 1 is 1.34 bits per heavy atom. The van der Waals surface area contributed by atoms with Crippen LogP contribution in [0.1, 0.15) is 40.0 Å². The molecule has 4 saturated carbocycles. The highest BCUT2D eigenvalue weighted by Crippen LogP contribution is 2.92. The van der Waals surface area contributed by atoms with Gasteiger partial charge in [-0.2, -0.15) is 4.31 Å². The number of aliphatic hydroxyl groups excluding tert-OH is 1. The van der Waals surface area contributed by atoms with Crippen molar-refractivity contribution in [3.63, 3.8) is 0 Å². The van der Waals surface area contributed by atoms with Crippen molar-refractivity contribution in [1.29, 1.82) is 0 Å². The first-order chi connectivity index (χ1) is 13.5. The van der Waals surface area contributed by atoms with E-state index in [0.29, 0.717) is 17.8 Å². The summed E-state index contributed by atoms with van der Waals surface area (Å²) in [5.74, 6) is 1.05. The van der Waals surface area contributed by atoms with Gasteiger partial charge in [0.25, 0.3) is 0 Å². The third kappa shape index (κ3) is 1.58. The van der Waals surface area contributed by atoms with Crippen LogP contribution >= 0.6 is 0 Å². The number of nitrogens with two attached hydrogens (primary N) is 1. The van der Waals surface area contributed by atoms with Crippen LogP contribution in [0.4, 0.5) is 0 Å². The maximum absolute atomic E-state index is 13.3. The standard InChI is InChI=1S/C21H27N3O4S/c1-10-6-12(25)4-5-20(10)24(29(20)28)18(2,3)17(27)23-15-13-7-11-8-19(16(22)26)9-14(15)21(11,13)19/h4-6,10-11,13-15,25H,7-9H2,1-3H3,(H2,22,26)(H,23,27). The summed E-state index contributed by atoms with van der Waals surface area (Å²) in [5, 5.41) is 13.0. The van der Waals surface area contributed by atoms with Gasteiger partial charge in [0.05, 0.1) is 5.41 Å². The molecule has 8 heteroatoms. The van der Waals surface area contributed by atoms with Gasteiger partial charge in [0.1, 0.15) is 27.2 Å². The van der Waals surface area contributed by atoms with Gasteiger partial charge in [-0.3, -0.25) is 9.59 Å². The van der Waals surface area contributed by atoms with Gasteiger partial charge in [0.2, 0.25) is 11.8 Å². The number of aliphatic hydroxyl groups is 1. The fraction of sp³-hybridized carbons (Fsp3) is 0.714. The van der Waals surface area contributed by atoms with Crippen LogP contribution in [0.15, 0.2) is 24.0 Å². The van der Waals surface area contributed by atoms with Crippen LogP contribution in [-0.4, -0.2) is 41.9 Å². The van der Waals surface area contributed by atoms with Crippen molar-refractivity contribution < 1.29 is 18.9 Å². The van der Waals surface area contributed by atoms with Gasteiger partial charge in [0, 0.05) is 12.0 Å². The Labute approximate surface area is 172 Å². The quantitative estimate of drug-likeness (QED) is 0.595. The second kappa shape index (κ2) is 4.80. The molecule has 2 amide bonds. The molecule has 29 heavy (non-hydrogen) atoms. The number of hydrogen-bond acceptors (Lipinski definition) is 4. The molecule has 10 atom stereocenters. The Bertz CT molecular complexity index is 967. The lowest BCUT2D eigenvalue weighted by atomic mass is 9.12. The lowest BCUT2D eigenvalue weighted by molar-refractivity contribution is -0.424. The number of rotatable bonds is 4. The minimum atomic E-state index is -1.33. The lowest BCUT2D eigenvalue weighted by Crippen LogP contribution is -2.94. The molecule has 0 aromatic rings. The molecule has 0 aromatic heterocycles. The average molecular weight is 418 g/mol. The van der Waals surface area contributed by atoms with Gasteiger partial charge in [-0.25, -0.2) is 4.21 Å². The maximum atomic E-state index is 13.3. The van der Waals surface area contributed by atoms with E-state index in [2.05, 4.69) is 5.32 Å². The van der Waals surface area contributed by atoms with E-state index in [-0.39, 0.29) is 40.4 Å². The molecular weight excluding hydrogens is 390 g/mol. The zero-order chi connectivity index (χ0) is 20.7. The fourth-order valence-electron chi connectivity index (χ4n) is 8.08. The summed E-state index contributed by atoms with van der Waals surface area (Å²) in [6.45, 7) is 5.53. The molecule has 156 valence electrons. The second-order valence-corrected chi connectivity index (χ2v) is 12.0. The fourth-order valence-corrected chi connectivity index (χ4v) is 10.1.